The van der Waals surface area contributed by atoms with Gasteiger partial charge in [0.15, 0.2) is 5.69 Å². The fourth-order valence-electron chi connectivity index (χ4n) is 2.46. The van der Waals surface area contributed by atoms with Crippen molar-refractivity contribution in [2.75, 3.05) is 6.54 Å². The highest BCUT2D eigenvalue weighted by Crippen LogP contribution is 2.22. The molecule has 3 N–H and O–H groups in total. The number of aromatic nitrogens is 3. The van der Waals surface area contributed by atoms with Crippen molar-refractivity contribution in [2.45, 2.75) is 13.0 Å². The molecule has 20 heavy (non-hydrogen) atoms. The van der Waals surface area contributed by atoms with Crippen LogP contribution in [-0.2, 0) is 6.54 Å². The Labute approximate surface area is 114 Å². The molecule has 100 valence electrons. The summed E-state index contributed by atoms with van der Waals surface area (Å²) in [5, 5.41) is 17.0. The van der Waals surface area contributed by atoms with Crippen LogP contribution in [0.2, 0.25) is 0 Å². The van der Waals surface area contributed by atoms with Crippen molar-refractivity contribution >= 4 is 21.8 Å². The summed E-state index contributed by atoms with van der Waals surface area (Å²) in [7, 11) is 0. The van der Waals surface area contributed by atoms with E-state index in [1.54, 1.807) is 4.57 Å². The number of aromatic amines is 1. The van der Waals surface area contributed by atoms with Gasteiger partial charge < -0.3 is 10.3 Å². The summed E-state index contributed by atoms with van der Waals surface area (Å²) in [5.41, 5.74) is 6.91. The van der Waals surface area contributed by atoms with Crippen molar-refractivity contribution in [1.29, 1.82) is 5.26 Å². The molecular formula is C14H13N5O. The Morgan fingerprint density at radius 3 is 2.95 bits per heavy atom. The Morgan fingerprint density at radius 1 is 1.40 bits per heavy atom. The monoisotopic (exact) mass is 267 g/mol. The molecule has 2 heterocycles. The lowest BCUT2D eigenvalue weighted by molar-refractivity contribution is 0.654. The van der Waals surface area contributed by atoms with Gasteiger partial charge in [0.2, 0.25) is 0 Å². The van der Waals surface area contributed by atoms with Gasteiger partial charge in [-0.2, -0.15) is 10.4 Å². The molecule has 0 unspecified atom stereocenters. The first-order chi connectivity index (χ1) is 9.77. The van der Waals surface area contributed by atoms with E-state index in [4.69, 9.17) is 11.0 Å². The summed E-state index contributed by atoms with van der Waals surface area (Å²) in [5.74, 6) is 0. The molecule has 0 radical (unpaired) electrons. The standard InChI is InChI=1S/C14H13N5O/c15-6-3-7-19-11-5-2-1-4-9(11)13-12(14(19)20)10(8-16)17-18-13/h1-2,4-5H,3,6-7,15H2,(H,17,18). The molecule has 6 heteroatoms. The summed E-state index contributed by atoms with van der Waals surface area (Å²) in [6.07, 6.45) is 0.704. The molecule has 0 bridgehead atoms. The summed E-state index contributed by atoms with van der Waals surface area (Å²) in [6.45, 7) is 1.04. The van der Waals surface area contributed by atoms with Gasteiger partial charge in [0.05, 0.1) is 11.0 Å². The van der Waals surface area contributed by atoms with E-state index in [1.165, 1.54) is 0 Å². The number of hydrogen-bond acceptors (Lipinski definition) is 4. The largest absolute Gasteiger partial charge is 0.330 e. The average molecular weight is 267 g/mol. The predicted octanol–water partition coefficient (Wildman–Crippen LogP) is 1.10. The predicted molar refractivity (Wildman–Crippen MR) is 76.2 cm³/mol. The van der Waals surface area contributed by atoms with E-state index < -0.39 is 0 Å². The van der Waals surface area contributed by atoms with Crippen molar-refractivity contribution < 1.29 is 0 Å². The number of hydrogen-bond donors (Lipinski definition) is 2. The highest BCUT2D eigenvalue weighted by molar-refractivity contribution is 6.04. The summed E-state index contributed by atoms with van der Waals surface area (Å²) in [6, 6.07) is 9.54. The van der Waals surface area contributed by atoms with Gasteiger partial charge >= 0.3 is 0 Å². The summed E-state index contributed by atoms with van der Waals surface area (Å²) in [4.78, 5) is 12.6. The molecule has 0 aliphatic carbocycles. The molecule has 0 fully saturated rings. The van der Waals surface area contributed by atoms with Crippen LogP contribution in [0.1, 0.15) is 12.1 Å². The Bertz CT molecular complexity index is 884. The number of H-pyrrole nitrogens is 1. The summed E-state index contributed by atoms with van der Waals surface area (Å²) < 4.78 is 1.67. The number of benzene rings is 1. The lowest BCUT2D eigenvalue weighted by Crippen LogP contribution is -2.22. The first-order valence-corrected chi connectivity index (χ1v) is 6.37. The van der Waals surface area contributed by atoms with Gasteiger partial charge in [0.1, 0.15) is 11.5 Å². The number of nitrogens with one attached hydrogen (secondary N) is 1. The third-order valence-corrected chi connectivity index (χ3v) is 3.38. The smallest absolute Gasteiger partial charge is 0.263 e. The molecule has 0 saturated heterocycles. The Hall–Kier alpha value is -2.65. The van der Waals surface area contributed by atoms with Gasteiger partial charge in [-0.05, 0) is 19.0 Å². The number of nitrogens with zero attached hydrogens (tertiary/aromatic N) is 3. The Morgan fingerprint density at radius 2 is 2.20 bits per heavy atom. The molecule has 0 aliphatic rings. The number of nitriles is 1. The lowest BCUT2D eigenvalue weighted by Gasteiger charge is -2.10. The van der Waals surface area contributed by atoms with Crippen LogP contribution in [0, 0.1) is 11.3 Å². The van der Waals surface area contributed by atoms with Crippen molar-refractivity contribution in [3.8, 4) is 6.07 Å². The molecule has 6 nitrogen and oxygen atoms in total. The molecule has 0 saturated carbocycles. The normalized spacial score (nSPS) is 11.0. The third-order valence-electron chi connectivity index (χ3n) is 3.38. The number of nitrogens with two attached hydrogens (primary N) is 1. The zero-order valence-electron chi connectivity index (χ0n) is 10.8. The van der Waals surface area contributed by atoms with E-state index in [9.17, 15) is 4.79 Å². The van der Waals surface area contributed by atoms with Crippen LogP contribution >= 0.6 is 0 Å². The van der Waals surface area contributed by atoms with Crippen LogP contribution < -0.4 is 11.3 Å². The highest BCUT2D eigenvalue weighted by atomic mass is 16.1. The summed E-state index contributed by atoms with van der Waals surface area (Å²) >= 11 is 0. The van der Waals surface area contributed by atoms with Crippen molar-refractivity contribution in [2.24, 2.45) is 5.73 Å². The topological polar surface area (TPSA) is 100 Å². The molecule has 0 aliphatic heterocycles. The zero-order chi connectivity index (χ0) is 14.1. The number of fused-ring (bicyclic) bond motifs is 3. The van der Waals surface area contributed by atoms with Crippen LogP contribution in [0.15, 0.2) is 29.1 Å². The molecule has 0 amide bonds. The van der Waals surface area contributed by atoms with E-state index in [1.807, 2.05) is 30.3 Å². The molecule has 1 aromatic carbocycles. The van der Waals surface area contributed by atoms with Gasteiger partial charge in [0, 0.05) is 11.9 Å². The van der Waals surface area contributed by atoms with Crippen molar-refractivity contribution in [3.05, 3.63) is 40.3 Å². The van der Waals surface area contributed by atoms with Gasteiger partial charge in [-0.3, -0.25) is 9.89 Å². The minimum absolute atomic E-state index is 0.136. The molecule has 2 aromatic heterocycles. The van der Waals surface area contributed by atoms with E-state index in [0.29, 0.717) is 30.4 Å². The molecule has 3 aromatic rings. The second kappa shape index (κ2) is 4.79. The van der Waals surface area contributed by atoms with Gasteiger partial charge in [-0.25, -0.2) is 0 Å². The second-order valence-electron chi connectivity index (χ2n) is 4.55. The second-order valence-corrected chi connectivity index (χ2v) is 4.55. The van der Waals surface area contributed by atoms with Gasteiger partial charge in [0.25, 0.3) is 5.56 Å². The fourth-order valence-corrected chi connectivity index (χ4v) is 2.46. The molecular weight excluding hydrogens is 254 g/mol. The molecule has 0 atom stereocenters. The number of para-hydroxylation sites is 1. The zero-order valence-corrected chi connectivity index (χ0v) is 10.8. The quantitative estimate of drug-likeness (QED) is 0.742. The van der Waals surface area contributed by atoms with Crippen LogP contribution in [0.5, 0.6) is 0 Å². The SMILES string of the molecule is N#Cc1n[nH]c2c1c(=O)n(CCCN)c1ccccc21. The molecule has 0 spiro atoms. The minimum Gasteiger partial charge on any atom is -0.330 e. The lowest BCUT2D eigenvalue weighted by atomic mass is 10.1. The van der Waals surface area contributed by atoms with Crippen LogP contribution in [0.3, 0.4) is 0 Å². The van der Waals surface area contributed by atoms with Crippen LogP contribution in [0.4, 0.5) is 0 Å². The Balaban J connectivity index is 2.48. The van der Waals surface area contributed by atoms with E-state index in [2.05, 4.69) is 10.2 Å². The van der Waals surface area contributed by atoms with E-state index in [-0.39, 0.29) is 11.3 Å². The highest BCUT2D eigenvalue weighted by Gasteiger charge is 2.16. The molecule has 3 rings (SSSR count). The van der Waals surface area contributed by atoms with Crippen molar-refractivity contribution in [3.63, 3.8) is 0 Å². The maximum absolute atomic E-state index is 12.6. The fraction of sp³-hybridized carbons (Fsp3) is 0.214. The van der Waals surface area contributed by atoms with E-state index >= 15 is 0 Å². The number of pyridine rings is 1. The Kier molecular flexibility index (Phi) is 2.97. The van der Waals surface area contributed by atoms with E-state index in [0.717, 1.165) is 10.9 Å². The first kappa shape index (κ1) is 12.4. The third kappa shape index (κ3) is 1.68. The van der Waals surface area contributed by atoms with Gasteiger partial charge in [-0.15, -0.1) is 0 Å². The van der Waals surface area contributed by atoms with Crippen LogP contribution in [-0.4, -0.2) is 21.3 Å². The van der Waals surface area contributed by atoms with Crippen LogP contribution in [0.25, 0.3) is 21.8 Å². The number of rotatable bonds is 3. The van der Waals surface area contributed by atoms with Gasteiger partial charge in [-0.1, -0.05) is 18.2 Å². The number of aryl methyl sites for hydroxylation is 1. The first-order valence-electron chi connectivity index (χ1n) is 6.37. The van der Waals surface area contributed by atoms with Crippen molar-refractivity contribution in [1.82, 2.24) is 14.8 Å². The maximum Gasteiger partial charge on any atom is 0.263 e. The minimum atomic E-state index is -0.197. The maximum atomic E-state index is 12.6. The average Bonchev–Trinajstić information content (AvgIpc) is 2.91.